The number of nitrogens with two attached hydrogens (primary N) is 1. The molecule has 2 N–H and O–H groups in total. The molecule has 2 aromatic heterocycles. The van der Waals surface area contributed by atoms with Crippen molar-refractivity contribution in [2.75, 3.05) is 50.2 Å². The first-order valence-electron chi connectivity index (χ1n) is 14.3. The summed E-state index contributed by atoms with van der Waals surface area (Å²) in [5.74, 6) is 0.0454. The average Bonchev–Trinajstić information content (AvgIpc) is 3.68. The van der Waals surface area contributed by atoms with E-state index in [1.807, 2.05) is 24.3 Å². The van der Waals surface area contributed by atoms with Crippen LogP contribution in [0.25, 0.3) is 11.3 Å². The minimum Gasteiger partial charge on any atom is -0.477 e. The third-order valence-corrected chi connectivity index (χ3v) is 8.28. The number of nitrogens with zero attached hydrogens (tertiary/aromatic N) is 5. The van der Waals surface area contributed by atoms with E-state index in [2.05, 4.69) is 15.3 Å². The summed E-state index contributed by atoms with van der Waals surface area (Å²) >= 11 is 1.65. The molecular formula is C29H36N6O6S. The van der Waals surface area contributed by atoms with E-state index < -0.39 is 16.7 Å². The number of benzene rings is 1. The number of hydrogen-bond donors (Lipinski definition) is 1. The van der Waals surface area contributed by atoms with Crippen molar-refractivity contribution in [2.45, 2.75) is 45.7 Å². The molecule has 4 heterocycles. The molecule has 224 valence electrons. The molecule has 0 atom stereocenters. The van der Waals surface area contributed by atoms with Gasteiger partial charge in [-0.05, 0) is 57.2 Å². The Morgan fingerprint density at radius 1 is 1.21 bits per heavy atom. The second-order valence-corrected chi connectivity index (χ2v) is 11.4. The highest BCUT2D eigenvalue weighted by Gasteiger charge is 2.31. The smallest absolute Gasteiger partial charge is 0.414 e. The number of thiazole rings is 1. The lowest BCUT2D eigenvalue weighted by Gasteiger charge is -2.24. The Bertz CT molecular complexity index is 1370. The van der Waals surface area contributed by atoms with E-state index in [0.717, 1.165) is 54.3 Å². The molecule has 12 nitrogen and oxygen atoms in total. The van der Waals surface area contributed by atoms with Crippen LogP contribution in [0.5, 0.6) is 5.88 Å². The van der Waals surface area contributed by atoms with E-state index in [1.54, 1.807) is 18.3 Å². The van der Waals surface area contributed by atoms with Crippen LogP contribution in [0.4, 0.5) is 22.0 Å². The maximum Gasteiger partial charge on any atom is 0.414 e. The third kappa shape index (κ3) is 7.33. The first-order valence-corrected chi connectivity index (χ1v) is 15.1. The number of carbonyl (C=O) groups is 1. The monoisotopic (exact) mass is 596 g/mol. The summed E-state index contributed by atoms with van der Waals surface area (Å²) in [4.78, 5) is 37.1. The lowest BCUT2D eigenvalue weighted by Crippen LogP contribution is -2.32. The topological polar surface area (TPSA) is 146 Å². The number of anilines is 2. The van der Waals surface area contributed by atoms with Gasteiger partial charge in [-0.2, -0.15) is 4.98 Å². The summed E-state index contributed by atoms with van der Waals surface area (Å²) in [5.41, 5.74) is 8.11. The predicted molar refractivity (Wildman–Crippen MR) is 160 cm³/mol. The standard InChI is InChI=1S/C29H36N6O6S/c1-2-40-29(36)34(24-15-25(32-28(30)27(24)35(37)38)41-18-21-9-13-39-14-10-21)16-20-5-7-22(8-6-20)23-19-42-26(31-23)17-33-11-3-4-12-33/h5-8,15,19,21H,2-4,9-14,16-18H2,1H3,(H2,30,32). The van der Waals surface area contributed by atoms with Gasteiger partial charge in [-0.1, -0.05) is 24.3 Å². The van der Waals surface area contributed by atoms with Gasteiger partial charge in [0.2, 0.25) is 11.7 Å². The highest BCUT2D eigenvalue weighted by molar-refractivity contribution is 7.09. The predicted octanol–water partition coefficient (Wildman–Crippen LogP) is 5.26. The van der Waals surface area contributed by atoms with Gasteiger partial charge in [-0.15, -0.1) is 11.3 Å². The Kier molecular flexibility index (Phi) is 9.82. The zero-order chi connectivity index (χ0) is 29.5. The largest absolute Gasteiger partial charge is 0.477 e. The van der Waals surface area contributed by atoms with Gasteiger partial charge >= 0.3 is 11.8 Å². The van der Waals surface area contributed by atoms with Gasteiger partial charge < -0.3 is 19.9 Å². The molecular weight excluding hydrogens is 560 g/mol. The number of pyridine rings is 1. The molecule has 2 saturated heterocycles. The normalized spacial score (nSPS) is 15.9. The molecule has 2 aliphatic rings. The Labute approximate surface area is 248 Å². The molecule has 0 unspecified atom stereocenters. The molecule has 1 amide bonds. The quantitative estimate of drug-likeness (QED) is 0.230. The molecule has 0 aliphatic carbocycles. The van der Waals surface area contributed by atoms with Crippen LogP contribution in [0.1, 0.15) is 43.2 Å². The van der Waals surface area contributed by atoms with Crippen molar-refractivity contribution in [2.24, 2.45) is 5.92 Å². The zero-order valence-corrected chi connectivity index (χ0v) is 24.5. The summed E-state index contributed by atoms with van der Waals surface area (Å²) in [6, 6.07) is 9.01. The minimum atomic E-state index is -0.739. The first kappa shape index (κ1) is 29.7. The summed E-state index contributed by atoms with van der Waals surface area (Å²) < 4.78 is 16.6. The minimum absolute atomic E-state index is 0.0140. The van der Waals surface area contributed by atoms with Crippen LogP contribution >= 0.6 is 11.3 Å². The number of ether oxygens (including phenoxy) is 3. The Hall–Kier alpha value is -3.81. The van der Waals surface area contributed by atoms with Crippen molar-refractivity contribution in [3.63, 3.8) is 0 Å². The van der Waals surface area contributed by atoms with Crippen molar-refractivity contribution in [1.29, 1.82) is 0 Å². The van der Waals surface area contributed by atoms with Crippen molar-refractivity contribution >= 4 is 34.6 Å². The van der Waals surface area contributed by atoms with E-state index >= 15 is 0 Å². The Morgan fingerprint density at radius 2 is 1.95 bits per heavy atom. The summed E-state index contributed by atoms with van der Waals surface area (Å²) in [7, 11) is 0. The number of likely N-dealkylation sites (tertiary alicyclic amines) is 1. The second kappa shape index (κ2) is 13.9. The van der Waals surface area contributed by atoms with Gasteiger partial charge in [0, 0.05) is 30.2 Å². The van der Waals surface area contributed by atoms with Gasteiger partial charge in [0.25, 0.3) is 0 Å². The number of amides is 1. The lowest BCUT2D eigenvalue weighted by molar-refractivity contribution is -0.383. The third-order valence-electron chi connectivity index (χ3n) is 7.45. The fourth-order valence-electron chi connectivity index (χ4n) is 5.16. The number of nitrogen functional groups attached to an aromatic ring is 1. The maximum atomic E-state index is 13.1. The Morgan fingerprint density at radius 3 is 2.64 bits per heavy atom. The van der Waals surface area contributed by atoms with E-state index in [1.165, 1.54) is 23.8 Å². The first-order chi connectivity index (χ1) is 20.4. The van der Waals surface area contributed by atoms with E-state index in [4.69, 9.17) is 24.9 Å². The number of aromatic nitrogens is 2. The molecule has 5 rings (SSSR count). The lowest BCUT2D eigenvalue weighted by atomic mass is 10.0. The number of carbonyl (C=O) groups excluding carboxylic acids is 1. The summed E-state index contributed by atoms with van der Waals surface area (Å²) in [5, 5.41) is 15.2. The van der Waals surface area contributed by atoms with Gasteiger partial charge in [0.15, 0.2) is 0 Å². The summed E-state index contributed by atoms with van der Waals surface area (Å²) in [6.45, 7) is 6.57. The van der Waals surface area contributed by atoms with E-state index in [9.17, 15) is 14.9 Å². The summed E-state index contributed by atoms with van der Waals surface area (Å²) in [6.07, 6.45) is 3.43. The van der Waals surface area contributed by atoms with E-state index in [-0.39, 0.29) is 36.5 Å². The molecule has 13 heteroatoms. The zero-order valence-electron chi connectivity index (χ0n) is 23.7. The van der Waals surface area contributed by atoms with Gasteiger partial charge in [0.05, 0.1) is 36.9 Å². The molecule has 2 fully saturated rings. The molecule has 42 heavy (non-hydrogen) atoms. The number of rotatable bonds is 11. The van der Waals surface area contributed by atoms with Crippen LogP contribution in [0.15, 0.2) is 35.7 Å². The molecule has 0 bridgehead atoms. The Balaban J connectivity index is 1.37. The van der Waals surface area contributed by atoms with Crippen LogP contribution in [0.2, 0.25) is 0 Å². The highest BCUT2D eigenvalue weighted by Crippen LogP contribution is 2.37. The number of nitro groups is 1. The molecule has 1 aromatic carbocycles. The van der Waals surface area contributed by atoms with Crippen molar-refractivity contribution in [1.82, 2.24) is 14.9 Å². The van der Waals surface area contributed by atoms with Crippen molar-refractivity contribution in [3.8, 4) is 17.1 Å². The van der Waals surface area contributed by atoms with Crippen LogP contribution in [-0.4, -0.2) is 65.4 Å². The van der Waals surface area contributed by atoms with Crippen molar-refractivity contribution < 1.29 is 23.9 Å². The highest BCUT2D eigenvalue weighted by atomic mass is 32.1. The second-order valence-electron chi connectivity index (χ2n) is 10.4. The molecule has 0 radical (unpaired) electrons. The van der Waals surface area contributed by atoms with Crippen molar-refractivity contribution in [3.05, 3.63) is 56.4 Å². The molecule has 2 aliphatic heterocycles. The van der Waals surface area contributed by atoms with Gasteiger partial charge in [0.1, 0.15) is 10.7 Å². The molecule has 3 aromatic rings. The van der Waals surface area contributed by atoms with Crippen LogP contribution in [0, 0.1) is 16.0 Å². The fraction of sp³-hybridized carbons (Fsp3) is 0.483. The van der Waals surface area contributed by atoms with E-state index in [0.29, 0.717) is 19.8 Å². The van der Waals surface area contributed by atoms with Gasteiger partial charge in [-0.3, -0.25) is 19.9 Å². The average molecular weight is 597 g/mol. The van der Waals surface area contributed by atoms with Crippen LogP contribution < -0.4 is 15.4 Å². The molecule has 0 saturated carbocycles. The fourth-order valence-corrected chi connectivity index (χ4v) is 6.01. The number of hydrogen-bond acceptors (Lipinski definition) is 11. The van der Waals surface area contributed by atoms with Crippen LogP contribution in [-0.2, 0) is 22.6 Å². The maximum absolute atomic E-state index is 13.1. The molecule has 0 spiro atoms. The SMILES string of the molecule is CCOC(=O)N(Cc1ccc(-c2csc(CN3CCCC3)n2)cc1)c1cc(OCC2CCOCC2)nc(N)c1[N+](=O)[O-]. The van der Waals surface area contributed by atoms with Crippen LogP contribution in [0.3, 0.4) is 0 Å². The van der Waals surface area contributed by atoms with Gasteiger partial charge in [-0.25, -0.2) is 9.78 Å².